The van der Waals surface area contributed by atoms with Crippen LogP contribution in [0.3, 0.4) is 0 Å². The third-order valence-corrected chi connectivity index (χ3v) is 3.84. The maximum absolute atomic E-state index is 13.5. The molecule has 0 heterocycles. The van der Waals surface area contributed by atoms with Gasteiger partial charge in [0.2, 0.25) is 0 Å². The predicted octanol–water partition coefficient (Wildman–Crippen LogP) is 4.51. The Morgan fingerprint density at radius 1 is 1.18 bits per heavy atom. The largest absolute Gasteiger partial charge is 0.495 e. The molecule has 0 aliphatic rings. The highest BCUT2D eigenvalue weighted by Crippen LogP contribution is 2.36. The lowest BCUT2D eigenvalue weighted by atomic mass is 10.2. The van der Waals surface area contributed by atoms with Crippen LogP contribution in [0.2, 0.25) is 5.02 Å². The number of anilines is 1. The normalized spacial score (nSPS) is 10.2. The minimum Gasteiger partial charge on any atom is -0.495 e. The van der Waals surface area contributed by atoms with E-state index < -0.39 is 11.7 Å². The van der Waals surface area contributed by atoms with Gasteiger partial charge in [0.25, 0.3) is 5.91 Å². The summed E-state index contributed by atoms with van der Waals surface area (Å²) in [5.41, 5.74) is 0.550. The molecular weight excluding hydrogens is 377 g/mol. The molecule has 0 bridgehead atoms. The maximum atomic E-state index is 13.5. The molecule has 0 radical (unpaired) electrons. The average molecular weight is 389 g/mol. The van der Waals surface area contributed by atoms with Crippen LogP contribution in [0.4, 0.5) is 10.1 Å². The standard InChI is InChI=1S/C15H12BrClFNO3/c1-21-13-7-12(14(22-2)6-10(13)17)19-15(20)8-3-4-9(16)11(18)5-8/h3-7H,1-2H3,(H,19,20). The molecular formula is C15H12BrClFNO3. The van der Waals surface area contributed by atoms with E-state index in [1.54, 1.807) is 0 Å². The van der Waals surface area contributed by atoms with E-state index >= 15 is 0 Å². The number of methoxy groups -OCH3 is 2. The van der Waals surface area contributed by atoms with Crippen molar-refractivity contribution >= 4 is 39.1 Å². The van der Waals surface area contributed by atoms with E-state index in [1.165, 1.54) is 38.5 Å². The number of ether oxygens (including phenoxy) is 2. The minimum absolute atomic E-state index is 0.177. The monoisotopic (exact) mass is 387 g/mol. The van der Waals surface area contributed by atoms with Gasteiger partial charge in [0, 0.05) is 17.7 Å². The first kappa shape index (κ1) is 16.6. The fourth-order valence-electron chi connectivity index (χ4n) is 1.79. The first-order valence-electron chi connectivity index (χ1n) is 6.14. The summed E-state index contributed by atoms with van der Waals surface area (Å²) in [7, 11) is 2.91. The summed E-state index contributed by atoms with van der Waals surface area (Å²) in [4.78, 5) is 12.2. The predicted molar refractivity (Wildman–Crippen MR) is 86.6 cm³/mol. The number of hydrogen-bond donors (Lipinski definition) is 1. The average Bonchev–Trinajstić information content (AvgIpc) is 2.51. The van der Waals surface area contributed by atoms with Gasteiger partial charge in [-0.05, 0) is 34.1 Å². The van der Waals surface area contributed by atoms with Gasteiger partial charge in [0.15, 0.2) is 0 Å². The molecule has 1 N–H and O–H groups in total. The van der Waals surface area contributed by atoms with Gasteiger partial charge in [0.05, 0.1) is 29.4 Å². The van der Waals surface area contributed by atoms with Crippen molar-refractivity contribution < 1.29 is 18.7 Å². The molecule has 0 saturated heterocycles. The fourth-order valence-corrected chi connectivity index (χ4v) is 2.27. The number of carbonyl (C=O) groups is 1. The van der Waals surface area contributed by atoms with Crippen LogP contribution in [-0.4, -0.2) is 20.1 Å². The van der Waals surface area contributed by atoms with Crippen molar-refractivity contribution in [1.29, 1.82) is 0 Å². The van der Waals surface area contributed by atoms with Gasteiger partial charge in [-0.3, -0.25) is 4.79 Å². The highest BCUT2D eigenvalue weighted by atomic mass is 79.9. The number of carbonyl (C=O) groups excluding carboxylic acids is 1. The quantitative estimate of drug-likeness (QED) is 0.838. The van der Waals surface area contributed by atoms with Gasteiger partial charge >= 0.3 is 0 Å². The Bertz CT molecular complexity index is 724. The van der Waals surface area contributed by atoms with Crippen LogP contribution in [0.5, 0.6) is 11.5 Å². The van der Waals surface area contributed by atoms with Crippen LogP contribution in [0, 0.1) is 5.82 Å². The Kier molecular flexibility index (Phi) is 5.26. The van der Waals surface area contributed by atoms with Crippen LogP contribution in [0.25, 0.3) is 0 Å². The number of amides is 1. The molecule has 2 rings (SSSR count). The lowest BCUT2D eigenvalue weighted by Crippen LogP contribution is -2.13. The van der Waals surface area contributed by atoms with Crippen molar-refractivity contribution in [2.24, 2.45) is 0 Å². The Labute approximate surface area is 140 Å². The van der Waals surface area contributed by atoms with Crippen molar-refractivity contribution in [2.45, 2.75) is 0 Å². The maximum Gasteiger partial charge on any atom is 0.255 e. The first-order valence-corrected chi connectivity index (χ1v) is 7.31. The van der Waals surface area contributed by atoms with E-state index in [0.29, 0.717) is 22.2 Å². The number of nitrogens with one attached hydrogen (secondary N) is 1. The lowest BCUT2D eigenvalue weighted by Gasteiger charge is -2.13. The molecule has 116 valence electrons. The van der Waals surface area contributed by atoms with Gasteiger partial charge < -0.3 is 14.8 Å². The van der Waals surface area contributed by atoms with Crippen molar-refractivity contribution in [3.8, 4) is 11.5 Å². The van der Waals surface area contributed by atoms with E-state index in [0.717, 1.165) is 6.07 Å². The van der Waals surface area contributed by atoms with Crippen LogP contribution in [0.1, 0.15) is 10.4 Å². The summed E-state index contributed by atoms with van der Waals surface area (Å²) in [5, 5.41) is 3.00. The van der Waals surface area contributed by atoms with Crippen molar-refractivity contribution in [3.63, 3.8) is 0 Å². The Morgan fingerprint density at radius 2 is 1.86 bits per heavy atom. The summed E-state index contributed by atoms with van der Waals surface area (Å²) in [6, 6.07) is 7.16. The lowest BCUT2D eigenvalue weighted by molar-refractivity contribution is 0.102. The van der Waals surface area contributed by atoms with Crippen molar-refractivity contribution in [1.82, 2.24) is 0 Å². The van der Waals surface area contributed by atoms with Gasteiger partial charge in [-0.25, -0.2) is 4.39 Å². The van der Waals surface area contributed by atoms with E-state index in [9.17, 15) is 9.18 Å². The van der Waals surface area contributed by atoms with Gasteiger partial charge in [-0.1, -0.05) is 11.6 Å². The summed E-state index contributed by atoms with van der Waals surface area (Å²) in [5.74, 6) is -0.237. The second-order valence-electron chi connectivity index (χ2n) is 4.27. The first-order chi connectivity index (χ1) is 10.5. The van der Waals surface area contributed by atoms with Crippen LogP contribution in [0.15, 0.2) is 34.8 Å². The van der Waals surface area contributed by atoms with Gasteiger partial charge in [-0.15, -0.1) is 0 Å². The Morgan fingerprint density at radius 3 is 2.45 bits per heavy atom. The van der Waals surface area contributed by atoms with Gasteiger partial charge in [-0.2, -0.15) is 0 Å². The highest BCUT2D eigenvalue weighted by molar-refractivity contribution is 9.10. The van der Waals surface area contributed by atoms with E-state index in [1.807, 2.05) is 0 Å². The Balaban J connectivity index is 2.32. The molecule has 1 amide bonds. The summed E-state index contributed by atoms with van der Waals surface area (Å²) >= 11 is 9.04. The van der Waals surface area contributed by atoms with Crippen LogP contribution in [-0.2, 0) is 0 Å². The molecule has 0 spiro atoms. The van der Waals surface area contributed by atoms with Crippen LogP contribution >= 0.6 is 27.5 Å². The third kappa shape index (κ3) is 3.51. The molecule has 22 heavy (non-hydrogen) atoms. The zero-order valence-corrected chi connectivity index (χ0v) is 14.1. The molecule has 0 aliphatic carbocycles. The molecule has 0 fully saturated rings. The highest BCUT2D eigenvalue weighted by Gasteiger charge is 2.14. The summed E-state index contributed by atoms with van der Waals surface area (Å²) in [6.45, 7) is 0. The second kappa shape index (κ2) is 6.98. The SMILES string of the molecule is COc1cc(NC(=O)c2ccc(Br)c(F)c2)c(OC)cc1Cl. The fraction of sp³-hybridized carbons (Fsp3) is 0.133. The molecule has 0 unspecified atom stereocenters. The molecule has 0 aliphatic heterocycles. The molecule has 2 aromatic rings. The topological polar surface area (TPSA) is 47.6 Å². The zero-order valence-electron chi connectivity index (χ0n) is 11.7. The third-order valence-electron chi connectivity index (χ3n) is 2.90. The number of benzene rings is 2. The second-order valence-corrected chi connectivity index (χ2v) is 5.53. The number of rotatable bonds is 4. The number of hydrogen-bond acceptors (Lipinski definition) is 3. The van der Waals surface area contributed by atoms with E-state index in [2.05, 4.69) is 21.2 Å². The Hall–Kier alpha value is -1.79. The zero-order chi connectivity index (χ0) is 16.3. The van der Waals surface area contributed by atoms with E-state index in [4.69, 9.17) is 21.1 Å². The molecule has 7 heteroatoms. The van der Waals surface area contributed by atoms with Crippen LogP contribution < -0.4 is 14.8 Å². The minimum atomic E-state index is -0.520. The van der Waals surface area contributed by atoms with E-state index in [-0.39, 0.29) is 10.0 Å². The van der Waals surface area contributed by atoms with Gasteiger partial charge in [0.1, 0.15) is 17.3 Å². The summed E-state index contributed by atoms with van der Waals surface area (Å²) in [6.07, 6.45) is 0. The number of halogens is 3. The molecule has 2 aromatic carbocycles. The molecule has 0 saturated carbocycles. The van der Waals surface area contributed by atoms with Crippen molar-refractivity contribution in [3.05, 3.63) is 51.2 Å². The molecule has 4 nitrogen and oxygen atoms in total. The molecule has 0 atom stereocenters. The summed E-state index contributed by atoms with van der Waals surface area (Å²) < 4.78 is 24.1. The molecule has 0 aromatic heterocycles. The van der Waals surface area contributed by atoms with Crippen molar-refractivity contribution in [2.75, 3.05) is 19.5 Å². The smallest absolute Gasteiger partial charge is 0.255 e.